The number of ketones is 1. The third-order valence-corrected chi connectivity index (χ3v) is 8.06. The number of aliphatic hydroxyl groups is 1. The predicted molar refractivity (Wildman–Crippen MR) is 153 cm³/mol. The van der Waals surface area contributed by atoms with Crippen molar-refractivity contribution in [2.45, 2.75) is 6.04 Å². The number of hydrogen-bond donors (Lipinski definition) is 1. The molecule has 4 aromatic rings. The van der Waals surface area contributed by atoms with Gasteiger partial charge in [-0.1, -0.05) is 22.9 Å². The van der Waals surface area contributed by atoms with E-state index in [0.29, 0.717) is 58.1 Å². The van der Waals surface area contributed by atoms with E-state index >= 15 is 0 Å². The lowest BCUT2D eigenvalue weighted by Crippen LogP contribution is -2.29. The van der Waals surface area contributed by atoms with Gasteiger partial charge in [-0.2, -0.15) is 0 Å². The molecule has 12 heteroatoms. The number of thiazole rings is 1. The number of fused-ring (bicyclic) bond motifs is 2. The van der Waals surface area contributed by atoms with E-state index in [9.17, 15) is 14.7 Å². The smallest absolute Gasteiger partial charge is 0.301 e. The molecule has 10 nitrogen and oxygen atoms in total. The number of aliphatic hydroxyl groups excluding tert-OH is 1. The fourth-order valence-corrected chi connectivity index (χ4v) is 6.21. The van der Waals surface area contributed by atoms with Gasteiger partial charge in [-0.05, 0) is 54.1 Å². The lowest BCUT2D eigenvalue weighted by molar-refractivity contribution is -0.132. The minimum atomic E-state index is -1.09. The highest BCUT2D eigenvalue weighted by Gasteiger charge is 2.48. The Morgan fingerprint density at radius 2 is 1.68 bits per heavy atom. The molecule has 1 aromatic heterocycles. The average molecular weight is 595 g/mol. The Morgan fingerprint density at radius 1 is 0.976 bits per heavy atom. The van der Waals surface area contributed by atoms with Crippen LogP contribution in [-0.2, 0) is 9.59 Å². The summed E-state index contributed by atoms with van der Waals surface area (Å²) in [5.41, 5.74) is 1.17. The quantitative estimate of drug-likeness (QED) is 0.178. The zero-order chi connectivity index (χ0) is 28.8. The summed E-state index contributed by atoms with van der Waals surface area (Å²) in [6, 6.07) is 12.2. The summed E-state index contributed by atoms with van der Waals surface area (Å²) >= 11 is 7.39. The first-order chi connectivity index (χ1) is 19.8. The van der Waals surface area contributed by atoms with Crippen molar-refractivity contribution in [2.75, 3.05) is 39.4 Å². The highest BCUT2D eigenvalue weighted by atomic mass is 35.5. The second-order valence-electron chi connectivity index (χ2n) is 9.09. The van der Waals surface area contributed by atoms with Crippen LogP contribution in [0.2, 0.25) is 5.02 Å². The maximum Gasteiger partial charge on any atom is 0.301 e. The molecular weight excluding hydrogens is 572 g/mol. The number of hydrogen-bond acceptors (Lipinski definition) is 10. The second-order valence-corrected chi connectivity index (χ2v) is 10.5. The maximum absolute atomic E-state index is 13.7. The van der Waals surface area contributed by atoms with E-state index in [0.717, 1.165) is 4.70 Å². The van der Waals surface area contributed by atoms with Crippen LogP contribution >= 0.6 is 22.9 Å². The topological polar surface area (TPSA) is 117 Å². The summed E-state index contributed by atoms with van der Waals surface area (Å²) in [6.45, 7) is 0.743. The van der Waals surface area contributed by atoms with Crippen LogP contribution in [0.4, 0.5) is 5.13 Å². The Morgan fingerprint density at radius 3 is 2.37 bits per heavy atom. The predicted octanol–water partition coefficient (Wildman–Crippen LogP) is 5.37. The van der Waals surface area contributed by atoms with E-state index in [-0.39, 0.29) is 22.0 Å². The molecule has 2 aliphatic heterocycles. The Bertz CT molecular complexity index is 1730. The summed E-state index contributed by atoms with van der Waals surface area (Å²) < 4.78 is 28.5. The molecule has 3 heterocycles. The van der Waals surface area contributed by atoms with Gasteiger partial charge in [0.25, 0.3) is 5.78 Å². The molecule has 1 saturated heterocycles. The Hall–Kier alpha value is -4.48. The number of Topliss-reactive ketones (excluding diaryl/α,β-unsaturated/α-hetero) is 1. The molecule has 0 radical (unpaired) electrons. The Kier molecular flexibility index (Phi) is 6.84. The van der Waals surface area contributed by atoms with Crippen LogP contribution in [0.15, 0.2) is 54.1 Å². The molecule has 1 unspecified atom stereocenters. The van der Waals surface area contributed by atoms with Crippen molar-refractivity contribution in [1.29, 1.82) is 0 Å². The van der Waals surface area contributed by atoms with Gasteiger partial charge < -0.3 is 28.8 Å². The number of ether oxygens (including phenoxy) is 5. The molecule has 0 saturated carbocycles. The highest BCUT2D eigenvalue weighted by molar-refractivity contribution is 7.22. The van der Waals surface area contributed by atoms with E-state index in [1.807, 2.05) is 0 Å². The Labute approximate surface area is 243 Å². The summed E-state index contributed by atoms with van der Waals surface area (Å²) in [4.78, 5) is 33.3. The molecule has 1 atom stereocenters. The van der Waals surface area contributed by atoms with Crippen molar-refractivity contribution in [3.63, 3.8) is 0 Å². The van der Waals surface area contributed by atoms with Crippen molar-refractivity contribution in [3.05, 3.63) is 70.3 Å². The van der Waals surface area contributed by atoms with Crippen molar-refractivity contribution in [3.8, 4) is 28.7 Å². The van der Waals surface area contributed by atoms with Gasteiger partial charge in [0.2, 0.25) is 5.75 Å². The van der Waals surface area contributed by atoms with Gasteiger partial charge in [0, 0.05) is 10.6 Å². The van der Waals surface area contributed by atoms with Crippen LogP contribution in [-0.4, -0.2) is 56.3 Å². The van der Waals surface area contributed by atoms with E-state index in [2.05, 4.69) is 4.98 Å². The minimum Gasteiger partial charge on any atom is -0.507 e. The number of methoxy groups -OCH3 is 3. The number of nitrogens with zero attached hydrogens (tertiary/aromatic N) is 2. The molecule has 0 bridgehead atoms. The van der Waals surface area contributed by atoms with E-state index in [1.54, 1.807) is 48.5 Å². The standard InChI is InChI=1S/C29H23ClN2O8S/c1-36-20-11-15(12-21(37-2)27(20)38-3)24-23(25(33)14-4-7-18-19(10-14)40-9-8-39-18)26(34)28(35)32(24)29-31-17-6-5-16(30)13-22(17)41-29/h4-7,10-13,24,33H,8-9H2,1-3H3. The zero-order valence-corrected chi connectivity index (χ0v) is 23.7. The van der Waals surface area contributed by atoms with Crippen LogP contribution in [0.3, 0.4) is 0 Å². The first-order valence-electron chi connectivity index (χ1n) is 12.4. The monoisotopic (exact) mass is 594 g/mol. The first kappa shape index (κ1) is 26.7. The normalized spacial score (nSPS) is 17.7. The number of halogens is 1. The van der Waals surface area contributed by atoms with Crippen LogP contribution in [0.25, 0.3) is 16.0 Å². The molecule has 2 aliphatic rings. The van der Waals surface area contributed by atoms with E-state index in [1.165, 1.54) is 37.6 Å². The zero-order valence-electron chi connectivity index (χ0n) is 22.1. The third kappa shape index (κ3) is 4.47. The summed E-state index contributed by atoms with van der Waals surface area (Å²) in [5.74, 6) is -0.237. The van der Waals surface area contributed by atoms with Crippen LogP contribution in [0, 0.1) is 0 Å². The summed E-state index contributed by atoms with van der Waals surface area (Å²) in [7, 11) is 4.40. The molecule has 0 aliphatic carbocycles. The lowest BCUT2D eigenvalue weighted by Gasteiger charge is -2.25. The van der Waals surface area contributed by atoms with Gasteiger partial charge in [-0.3, -0.25) is 14.5 Å². The van der Waals surface area contributed by atoms with Gasteiger partial charge >= 0.3 is 5.91 Å². The molecule has 6 rings (SSSR count). The van der Waals surface area contributed by atoms with Gasteiger partial charge in [-0.15, -0.1) is 0 Å². The highest BCUT2D eigenvalue weighted by Crippen LogP contribution is 2.48. The molecule has 0 spiro atoms. The molecule has 41 heavy (non-hydrogen) atoms. The molecule has 1 amide bonds. The molecular formula is C29H23ClN2O8S. The number of anilines is 1. The number of carbonyl (C=O) groups is 2. The third-order valence-electron chi connectivity index (χ3n) is 6.81. The van der Waals surface area contributed by atoms with Crippen LogP contribution in [0.1, 0.15) is 17.2 Å². The molecule has 1 N–H and O–H groups in total. The van der Waals surface area contributed by atoms with Crippen molar-refractivity contribution in [1.82, 2.24) is 4.98 Å². The van der Waals surface area contributed by atoms with Gasteiger partial charge in [0.15, 0.2) is 28.1 Å². The fourth-order valence-electron chi connectivity index (χ4n) is 4.94. The largest absolute Gasteiger partial charge is 0.507 e. The second kappa shape index (κ2) is 10.5. The van der Waals surface area contributed by atoms with Crippen LogP contribution < -0.4 is 28.6 Å². The number of carbonyl (C=O) groups excluding carboxylic acids is 2. The number of benzene rings is 3. The van der Waals surface area contributed by atoms with Gasteiger partial charge in [0.1, 0.15) is 19.0 Å². The van der Waals surface area contributed by atoms with Gasteiger partial charge in [-0.25, -0.2) is 4.98 Å². The van der Waals surface area contributed by atoms with E-state index in [4.69, 9.17) is 35.3 Å². The average Bonchev–Trinajstić information content (AvgIpc) is 3.52. The van der Waals surface area contributed by atoms with Gasteiger partial charge in [0.05, 0.1) is 43.2 Å². The van der Waals surface area contributed by atoms with Crippen molar-refractivity contribution < 1.29 is 38.4 Å². The first-order valence-corrected chi connectivity index (χ1v) is 13.6. The van der Waals surface area contributed by atoms with E-state index < -0.39 is 17.7 Å². The minimum absolute atomic E-state index is 0.141. The number of aromatic nitrogens is 1. The summed E-state index contributed by atoms with van der Waals surface area (Å²) in [5, 5.41) is 12.4. The summed E-state index contributed by atoms with van der Waals surface area (Å²) in [6.07, 6.45) is 0. The number of amides is 1. The fraction of sp³-hybridized carbons (Fsp3) is 0.207. The Balaban J connectivity index is 1.59. The van der Waals surface area contributed by atoms with Crippen molar-refractivity contribution >= 4 is 55.7 Å². The molecule has 3 aromatic carbocycles. The van der Waals surface area contributed by atoms with Crippen molar-refractivity contribution in [2.24, 2.45) is 0 Å². The molecule has 1 fully saturated rings. The number of rotatable bonds is 6. The molecule has 210 valence electrons. The SMILES string of the molecule is COc1cc(C2C(=C(O)c3ccc4c(c3)OCCO4)C(=O)C(=O)N2c2nc3ccc(Cl)cc3s2)cc(OC)c1OC. The lowest BCUT2D eigenvalue weighted by atomic mass is 9.94. The maximum atomic E-state index is 13.7. The van der Waals surface area contributed by atoms with Crippen LogP contribution in [0.5, 0.6) is 28.7 Å².